The van der Waals surface area contributed by atoms with Crippen molar-refractivity contribution in [1.29, 1.82) is 0 Å². The van der Waals surface area contributed by atoms with Crippen LogP contribution in [-0.4, -0.2) is 23.3 Å². The van der Waals surface area contributed by atoms with E-state index in [2.05, 4.69) is 10.3 Å². The maximum absolute atomic E-state index is 13.0. The number of nitrogens with one attached hydrogen (secondary N) is 1. The number of pyridine rings is 1. The van der Waals surface area contributed by atoms with Gasteiger partial charge in [0.05, 0.1) is 0 Å². The molecular weight excluding hydrogens is 338 g/mol. The first-order chi connectivity index (χ1) is 13.2. The lowest BCUT2D eigenvalue weighted by atomic mass is 10.0. The molecule has 0 radical (unpaired) electrons. The molecule has 1 aromatic heterocycles. The van der Waals surface area contributed by atoms with E-state index in [4.69, 9.17) is 0 Å². The average Bonchev–Trinajstić information content (AvgIpc) is 2.73. The number of aryl methyl sites for hydroxylation is 1. The van der Waals surface area contributed by atoms with Gasteiger partial charge in [0.25, 0.3) is 11.8 Å². The zero-order valence-corrected chi connectivity index (χ0v) is 14.8. The van der Waals surface area contributed by atoms with Gasteiger partial charge in [0.1, 0.15) is 11.4 Å². The Morgan fingerprint density at radius 1 is 0.852 bits per heavy atom. The van der Waals surface area contributed by atoms with Gasteiger partial charge in [0.2, 0.25) is 0 Å². The summed E-state index contributed by atoms with van der Waals surface area (Å²) >= 11 is 0. The summed E-state index contributed by atoms with van der Waals surface area (Å²) in [4.78, 5) is 31.6. The molecule has 0 spiro atoms. The van der Waals surface area contributed by atoms with Crippen LogP contribution in [0.3, 0.4) is 0 Å². The minimum absolute atomic E-state index is 0.184. The Hall–Kier alpha value is -3.47. The number of hydrogen-bond acceptors (Lipinski definition) is 3. The van der Waals surface area contributed by atoms with Crippen LogP contribution in [0.1, 0.15) is 33.0 Å². The van der Waals surface area contributed by atoms with Crippen LogP contribution in [0.2, 0.25) is 0 Å². The molecule has 3 aromatic rings. The molecule has 1 aliphatic heterocycles. The van der Waals surface area contributed by atoms with E-state index in [0.29, 0.717) is 12.2 Å². The molecule has 0 unspecified atom stereocenters. The van der Waals surface area contributed by atoms with Crippen molar-refractivity contribution < 1.29 is 9.59 Å². The summed E-state index contributed by atoms with van der Waals surface area (Å²) < 4.78 is 0. The molecule has 4 rings (SSSR count). The summed E-state index contributed by atoms with van der Waals surface area (Å²) in [7, 11) is 0. The van der Waals surface area contributed by atoms with E-state index in [1.54, 1.807) is 35.2 Å². The fourth-order valence-corrected chi connectivity index (χ4v) is 3.28. The smallest absolute Gasteiger partial charge is 0.276 e. The van der Waals surface area contributed by atoms with E-state index >= 15 is 0 Å². The van der Waals surface area contributed by atoms with Gasteiger partial charge in [-0.2, -0.15) is 0 Å². The van der Waals surface area contributed by atoms with Gasteiger partial charge in [0.15, 0.2) is 0 Å². The molecule has 0 fully saturated rings. The van der Waals surface area contributed by atoms with Crippen LogP contribution in [0.5, 0.6) is 0 Å². The third-order valence-electron chi connectivity index (χ3n) is 4.59. The van der Waals surface area contributed by atoms with Crippen LogP contribution in [0.25, 0.3) is 0 Å². The molecule has 2 aromatic carbocycles. The maximum Gasteiger partial charge on any atom is 0.276 e. The third kappa shape index (κ3) is 3.58. The van der Waals surface area contributed by atoms with Crippen LogP contribution in [-0.2, 0) is 6.42 Å². The van der Waals surface area contributed by atoms with E-state index in [9.17, 15) is 9.59 Å². The van der Waals surface area contributed by atoms with E-state index in [1.165, 1.54) is 0 Å². The normalized spacial score (nSPS) is 13.0. The number of benzene rings is 2. The third-order valence-corrected chi connectivity index (χ3v) is 4.59. The predicted molar refractivity (Wildman–Crippen MR) is 105 cm³/mol. The highest BCUT2D eigenvalue weighted by Gasteiger charge is 2.24. The summed E-state index contributed by atoms with van der Waals surface area (Å²) in [5.41, 5.74) is 3.26. The second-order valence-corrected chi connectivity index (χ2v) is 6.42. The lowest BCUT2D eigenvalue weighted by Crippen LogP contribution is -2.36. The quantitative estimate of drug-likeness (QED) is 0.773. The molecule has 0 bridgehead atoms. The SMILES string of the molecule is O=C(Nc1ccccc1)c1cccc(C(=O)N2CCCc3ccccc32)n1. The summed E-state index contributed by atoms with van der Waals surface area (Å²) in [6.07, 6.45) is 1.88. The first-order valence-electron chi connectivity index (χ1n) is 8.95. The summed E-state index contributed by atoms with van der Waals surface area (Å²) in [5.74, 6) is -0.522. The van der Waals surface area contributed by atoms with Gasteiger partial charge in [-0.1, -0.05) is 42.5 Å². The molecule has 2 amide bonds. The average molecular weight is 357 g/mol. The van der Waals surface area contributed by atoms with E-state index < -0.39 is 0 Å². The van der Waals surface area contributed by atoms with Crippen molar-refractivity contribution in [3.8, 4) is 0 Å². The predicted octanol–water partition coefficient (Wildman–Crippen LogP) is 3.93. The van der Waals surface area contributed by atoms with Gasteiger partial charge >= 0.3 is 0 Å². The Bertz CT molecular complexity index is 986. The lowest BCUT2D eigenvalue weighted by molar-refractivity contribution is 0.0980. The van der Waals surface area contributed by atoms with Crippen LogP contribution in [0.4, 0.5) is 11.4 Å². The Kier molecular flexibility index (Phi) is 4.66. The molecule has 1 aliphatic rings. The number of para-hydroxylation sites is 2. The second kappa shape index (κ2) is 7.41. The molecule has 0 atom stereocenters. The van der Waals surface area contributed by atoms with Crippen molar-refractivity contribution in [2.24, 2.45) is 0 Å². The Morgan fingerprint density at radius 3 is 2.44 bits per heavy atom. The Balaban J connectivity index is 1.58. The number of carbonyl (C=O) groups excluding carboxylic acids is 2. The van der Waals surface area contributed by atoms with Crippen molar-refractivity contribution in [2.45, 2.75) is 12.8 Å². The van der Waals surface area contributed by atoms with Gasteiger partial charge in [-0.05, 0) is 48.7 Å². The zero-order chi connectivity index (χ0) is 18.6. The van der Waals surface area contributed by atoms with Crippen LogP contribution < -0.4 is 10.2 Å². The Labute approximate surface area is 157 Å². The van der Waals surface area contributed by atoms with Crippen molar-refractivity contribution in [1.82, 2.24) is 4.98 Å². The van der Waals surface area contributed by atoms with E-state index in [0.717, 1.165) is 24.1 Å². The first kappa shape index (κ1) is 17.0. The number of fused-ring (bicyclic) bond motifs is 1. The molecule has 2 heterocycles. The number of rotatable bonds is 3. The monoisotopic (exact) mass is 357 g/mol. The molecule has 134 valence electrons. The number of carbonyl (C=O) groups is 2. The van der Waals surface area contributed by atoms with Crippen LogP contribution in [0, 0.1) is 0 Å². The van der Waals surface area contributed by atoms with Gasteiger partial charge < -0.3 is 10.2 Å². The molecule has 5 nitrogen and oxygen atoms in total. The van der Waals surface area contributed by atoms with Gasteiger partial charge in [-0.25, -0.2) is 4.98 Å². The molecular formula is C22H19N3O2. The minimum Gasteiger partial charge on any atom is -0.321 e. The maximum atomic E-state index is 13.0. The molecule has 0 aliphatic carbocycles. The van der Waals surface area contributed by atoms with Gasteiger partial charge in [-0.15, -0.1) is 0 Å². The molecule has 1 N–H and O–H groups in total. The molecule has 0 saturated carbocycles. The molecule has 27 heavy (non-hydrogen) atoms. The lowest BCUT2D eigenvalue weighted by Gasteiger charge is -2.29. The topological polar surface area (TPSA) is 62.3 Å². The second-order valence-electron chi connectivity index (χ2n) is 6.42. The highest BCUT2D eigenvalue weighted by atomic mass is 16.2. The van der Waals surface area contributed by atoms with Gasteiger partial charge in [0, 0.05) is 17.9 Å². The standard InChI is InChI=1S/C22H19N3O2/c26-21(23-17-10-2-1-3-11-17)18-12-6-13-19(24-18)22(27)25-15-7-9-16-8-4-5-14-20(16)25/h1-6,8,10-14H,7,9,15H2,(H,23,26). The van der Waals surface area contributed by atoms with Crippen molar-refractivity contribution in [3.63, 3.8) is 0 Å². The zero-order valence-electron chi connectivity index (χ0n) is 14.8. The summed E-state index contributed by atoms with van der Waals surface area (Å²) in [6, 6.07) is 22.0. The number of anilines is 2. The van der Waals surface area contributed by atoms with E-state index in [-0.39, 0.29) is 23.2 Å². The van der Waals surface area contributed by atoms with Crippen LogP contribution >= 0.6 is 0 Å². The number of aromatic nitrogens is 1. The molecule has 5 heteroatoms. The van der Waals surface area contributed by atoms with Crippen molar-refractivity contribution in [3.05, 3.63) is 89.7 Å². The molecule has 0 saturated heterocycles. The fourth-order valence-electron chi connectivity index (χ4n) is 3.28. The minimum atomic E-state index is -0.338. The largest absolute Gasteiger partial charge is 0.321 e. The fraction of sp³-hybridized carbons (Fsp3) is 0.136. The first-order valence-corrected chi connectivity index (χ1v) is 8.95. The highest BCUT2D eigenvalue weighted by molar-refractivity contribution is 6.07. The highest BCUT2D eigenvalue weighted by Crippen LogP contribution is 2.27. The summed E-state index contributed by atoms with van der Waals surface area (Å²) in [5, 5.41) is 2.79. The number of hydrogen-bond donors (Lipinski definition) is 1. The van der Waals surface area contributed by atoms with Gasteiger partial charge in [-0.3, -0.25) is 9.59 Å². The van der Waals surface area contributed by atoms with Crippen LogP contribution in [0.15, 0.2) is 72.8 Å². The number of amides is 2. The number of nitrogens with zero attached hydrogens (tertiary/aromatic N) is 2. The van der Waals surface area contributed by atoms with Crippen molar-refractivity contribution in [2.75, 3.05) is 16.8 Å². The van der Waals surface area contributed by atoms with Crippen molar-refractivity contribution >= 4 is 23.2 Å². The Morgan fingerprint density at radius 2 is 1.59 bits per heavy atom. The van der Waals surface area contributed by atoms with E-state index in [1.807, 2.05) is 42.5 Å². The summed E-state index contributed by atoms with van der Waals surface area (Å²) in [6.45, 7) is 0.651.